The highest BCUT2D eigenvalue weighted by Crippen LogP contribution is 2.45. The van der Waals surface area contributed by atoms with Gasteiger partial charge in [-0.1, -0.05) is 54.6 Å². The standard InChI is InChI=1S/C16H12/c1-2-6-14-12(4-1)10-13-9-8-11-5-3-7-15(14)16(11)13/h1-9,13H,10H2. The minimum absolute atomic E-state index is 0.612. The van der Waals surface area contributed by atoms with E-state index in [1.54, 1.807) is 5.56 Å². The zero-order chi connectivity index (χ0) is 10.5. The Kier molecular flexibility index (Phi) is 1.49. The van der Waals surface area contributed by atoms with Crippen LogP contribution in [0.5, 0.6) is 0 Å². The highest BCUT2D eigenvalue weighted by Gasteiger charge is 2.27. The molecule has 0 spiro atoms. The Bertz CT molecular complexity index is 605. The first kappa shape index (κ1) is 8.35. The summed E-state index contributed by atoms with van der Waals surface area (Å²) in [6.07, 6.45) is 5.79. The van der Waals surface area contributed by atoms with E-state index in [0.717, 1.165) is 6.42 Å². The molecule has 0 aromatic heterocycles. The van der Waals surface area contributed by atoms with E-state index in [0.29, 0.717) is 5.92 Å². The summed E-state index contributed by atoms with van der Waals surface area (Å²) in [4.78, 5) is 0. The average Bonchev–Trinajstić information content (AvgIpc) is 2.75. The molecule has 0 saturated heterocycles. The summed E-state index contributed by atoms with van der Waals surface area (Å²) in [5.41, 5.74) is 7.32. The molecule has 0 fully saturated rings. The molecule has 1 atom stereocenters. The predicted molar refractivity (Wildman–Crippen MR) is 67.4 cm³/mol. The van der Waals surface area contributed by atoms with Gasteiger partial charge in [0, 0.05) is 5.92 Å². The first-order chi connectivity index (χ1) is 7.93. The Labute approximate surface area is 95.2 Å². The predicted octanol–water partition coefficient (Wildman–Crippen LogP) is 4.02. The Morgan fingerprint density at radius 1 is 0.875 bits per heavy atom. The molecule has 0 saturated carbocycles. The van der Waals surface area contributed by atoms with Gasteiger partial charge in [-0.2, -0.15) is 0 Å². The van der Waals surface area contributed by atoms with Crippen LogP contribution in [-0.2, 0) is 6.42 Å². The van der Waals surface area contributed by atoms with Gasteiger partial charge in [-0.3, -0.25) is 0 Å². The van der Waals surface area contributed by atoms with Gasteiger partial charge in [0.2, 0.25) is 0 Å². The number of hydrogen-bond acceptors (Lipinski definition) is 0. The summed E-state index contributed by atoms with van der Waals surface area (Å²) in [6.45, 7) is 0. The SMILES string of the molecule is C1=CC2Cc3ccccc3-c3cccc1c32. The van der Waals surface area contributed by atoms with E-state index in [-0.39, 0.29) is 0 Å². The van der Waals surface area contributed by atoms with Gasteiger partial charge in [0.05, 0.1) is 0 Å². The zero-order valence-corrected chi connectivity index (χ0v) is 8.98. The molecule has 0 heterocycles. The van der Waals surface area contributed by atoms with Gasteiger partial charge in [-0.25, -0.2) is 0 Å². The quantitative estimate of drug-likeness (QED) is 0.608. The lowest BCUT2D eigenvalue weighted by Crippen LogP contribution is -2.07. The molecule has 0 aliphatic heterocycles. The van der Waals surface area contributed by atoms with Crippen molar-refractivity contribution >= 4 is 6.08 Å². The maximum absolute atomic E-state index is 2.35. The molecule has 2 aliphatic rings. The maximum atomic E-state index is 2.35. The topological polar surface area (TPSA) is 0 Å². The first-order valence-electron chi connectivity index (χ1n) is 5.83. The Morgan fingerprint density at radius 3 is 2.75 bits per heavy atom. The van der Waals surface area contributed by atoms with Crippen molar-refractivity contribution < 1.29 is 0 Å². The lowest BCUT2D eigenvalue weighted by atomic mass is 9.79. The molecule has 0 N–H and O–H groups in total. The van der Waals surface area contributed by atoms with Crippen LogP contribution in [0, 0.1) is 0 Å². The lowest BCUT2D eigenvalue weighted by molar-refractivity contribution is 0.837. The third kappa shape index (κ3) is 0.943. The number of hydrogen-bond donors (Lipinski definition) is 0. The Hall–Kier alpha value is -1.82. The van der Waals surface area contributed by atoms with Crippen molar-refractivity contribution in [3.63, 3.8) is 0 Å². The summed E-state index contributed by atoms with van der Waals surface area (Å²) in [7, 11) is 0. The van der Waals surface area contributed by atoms with Crippen LogP contribution in [-0.4, -0.2) is 0 Å². The molecule has 0 heteroatoms. The number of benzene rings is 2. The van der Waals surface area contributed by atoms with Crippen LogP contribution < -0.4 is 0 Å². The van der Waals surface area contributed by atoms with Crippen molar-refractivity contribution in [1.29, 1.82) is 0 Å². The smallest absolute Gasteiger partial charge is 0.00740 e. The molecule has 4 rings (SSSR count). The minimum Gasteiger partial charge on any atom is -0.0760 e. The molecule has 0 radical (unpaired) electrons. The van der Waals surface area contributed by atoms with Gasteiger partial charge in [0.1, 0.15) is 0 Å². The maximum Gasteiger partial charge on any atom is 0.00740 e. The van der Waals surface area contributed by atoms with E-state index in [9.17, 15) is 0 Å². The fraction of sp³-hybridized carbons (Fsp3) is 0.125. The molecule has 0 bridgehead atoms. The molecule has 76 valence electrons. The number of rotatable bonds is 0. The van der Waals surface area contributed by atoms with Crippen molar-refractivity contribution in [2.24, 2.45) is 0 Å². The normalized spacial score (nSPS) is 19.4. The molecule has 2 aliphatic carbocycles. The van der Waals surface area contributed by atoms with Crippen molar-refractivity contribution in [2.75, 3.05) is 0 Å². The highest BCUT2D eigenvalue weighted by atomic mass is 14.3. The Balaban J connectivity index is 2.10. The van der Waals surface area contributed by atoms with Gasteiger partial charge in [-0.15, -0.1) is 0 Å². The molecule has 0 amide bonds. The fourth-order valence-electron chi connectivity index (χ4n) is 3.06. The van der Waals surface area contributed by atoms with E-state index in [1.165, 1.54) is 22.3 Å². The third-order valence-corrected chi connectivity index (χ3v) is 3.77. The van der Waals surface area contributed by atoms with Crippen molar-refractivity contribution in [3.8, 4) is 11.1 Å². The summed E-state index contributed by atoms with van der Waals surface area (Å²) in [5.74, 6) is 0.612. The average molecular weight is 204 g/mol. The number of allylic oxidation sites excluding steroid dienone is 1. The van der Waals surface area contributed by atoms with Crippen LogP contribution in [0.15, 0.2) is 48.5 Å². The monoisotopic (exact) mass is 204 g/mol. The van der Waals surface area contributed by atoms with E-state index >= 15 is 0 Å². The van der Waals surface area contributed by atoms with E-state index in [2.05, 4.69) is 54.6 Å². The van der Waals surface area contributed by atoms with Crippen LogP contribution in [0.4, 0.5) is 0 Å². The van der Waals surface area contributed by atoms with E-state index in [4.69, 9.17) is 0 Å². The third-order valence-electron chi connectivity index (χ3n) is 3.77. The Morgan fingerprint density at radius 2 is 1.75 bits per heavy atom. The second-order valence-corrected chi connectivity index (χ2v) is 4.64. The van der Waals surface area contributed by atoms with Crippen LogP contribution in [0.25, 0.3) is 17.2 Å². The van der Waals surface area contributed by atoms with Crippen molar-refractivity contribution in [3.05, 3.63) is 65.2 Å². The largest absolute Gasteiger partial charge is 0.0760 e. The van der Waals surface area contributed by atoms with Crippen LogP contribution in [0.2, 0.25) is 0 Å². The minimum atomic E-state index is 0.612. The summed E-state index contributed by atoms with van der Waals surface area (Å²) in [5, 5.41) is 0. The van der Waals surface area contributed by atoms with Gasteiger partial charge < -0.3 is 0 Å². The summed E-state index contributed by atoms with van der Waals surface area (Å²) >= 11 is 0. The van der Waals surface area contributed by atoms with E-state index in [1.807, 2.05) is 0 Å². The first-order valence-corrected chi connectivity index (χ1v) is 5.83. The van der Waals surface area contributed by atoms with Crippen LogP contribution in [0.1, 0.15) is 22.6 Å². The van der Waals surface area contributed by atoms with Gasteiger partial charge >= 0.3 is 0 Å². The van der Waals surface area contributed by atoms with E-state index < -0.39 is 0 Å². The fourth-order valence-corrected chi connectivity index (χ4v) is 3.06. The molecule has 16 heavy (non-hydrogen) atoms. The molecule has 2 aromatic carbocycles. The molecular weight excluding hydrogens is 192 g/mol. The van der Waals surface area contributed by atoms with Gasteiger partial charge in [0.25, 0.3) is 0 Å². The van der Waals surface area contributed by atoms with Gasteiger partial charge in [-0.05, 0) is 34.2 Å². The molecule has 2 aromatic rings. The summed E-state index contributed by atoms with van der Waals surface area (Å²) in [6, 6.07) is 15.5. The molecule has 0 nitrogen and oxygen atoms in total. The molecular formula is C16H12. The lowest BCUT2D eigenvalue weighted by Gasteiger charge is -2.24. The summed E-state index contributed by atoms with van der Waals surface area (Å²) < 4.78 is 0. The highest BCUT2D eigenvalue weighted by molar-refractivity contribution is 5.81. The number of fused-ring (bicyclic) bond motifs is 2. The molecule has 1 unspecified atom stereocenters. The van der Waals surface area contributed by atoms with Crippen molar-refractivity contribution in [1.82, 2.24) is 0 Å². The zero-order valence-electron chi connectivity index (χ0n) is 8.98. The van der Waals surface area contributed by atoms with Crippen LogP contribution in [0.3, 0.4) is 0 Å². The van der Waals surface area contributed by atoms with Gasteiger partial charge in [0.15, 0.2) is 0 Å². The second-order valence-electron chi connectivity index (χ2n) is 4.64. The second kappa shape index (κ2) is 2.85. The van der Waals surface area contributed by atoms with Crippen molar-refractivity contribution in [2.45, 2.75) is 12.3 Å². The van der Waals surface area contributed by atoms with Crippen LogP contribution >= 0.6 is 0 Å².